The maximum atomic E-state index is 13.7. The number of hydrazine groups is 2. The van der Waals surface area contributed by atoms with Gasteiger partial charge in [0.1, 0.15) is 16.1 Å². The summed E-state index contributed by atoms with van der Waals surface area (Å²) in [6, 6.07) is 21.2. The molecule has 2 aliphatic heterocycles. The maximum absolute atomic E-state index is 13.7. The quantitative estimate of drug-likeness (QED) is 0.0277. The van der Waals surface area contributed by atoms with Crippen molar-refractivity contribution in [2.75, 3.05) is 19.7 Å². The van der Waals surface area contributed by atoms with Crippen LogP contribution in [0.1, 0.15) is 94.5 Å². The predicted octanol–water partition coefficient (Wildman–Crippen LogP) is 5.17. The number of rotatable bonds is 10. The zero-order chi connectivity index (χ0) is 70.2. The van der Waals surface area contributed by atoms with Crippen LogP contribution >= 0.6 is 0 Å². The summed E-state index contributed by atoms with van der Waals surface area (Å²) in [7, 11) is -4.67. The molecule has 32 nitrogen and oxygen atoms in total. The van der Waals surface area contributed by atoms with Crippen LogP contribution in [0.25, 0.3) is 22.5 Å². The third kappa shape index (κ3) is 25.1. The average molecular weight is 1300 g/mol. The molecular weight excluding hydrogens is 1210 g/mol. The molecule has 6 aromatic rings. The zero-order valence-electron chi connectivity index (χ0n) is 54.2. The van der Waals surface area contributed by atoms with E-state index in [1.54, 1.807) is 31.5 Å². The summed E-state index contributed by atoms with van der Waals surface area (Å²) in [6.07, 6.45) is 1.62. The van der Waals surface area contributed by atoms with E-state index in [1.165, 1.54) is 59.7 Å². The minimum absolute atomic E-state index is 0.0389. The van der Waals surface area contributed by atoms with Crippen molar-refractivity contribution in [1.29, 1.82) is 16.2 Å². The summed E-state index contributed by atoms with van der Waals surface area (Å²) in [5.74, 6) is -0.475. The molecule has 0 radical (unpaired) electrons. The lowest BCUT2D eigenvalue weighted by Crippen LogP contribution is -2.45. The minimum atomic E-state index is -4.67. The number of aromatic nitrogens is 4. The molecular formula is C59H85N19O13S. The topological polar surface area (TPSA) is 501 Å². The number of nitro groups is 3. The number of hydrogen-bond acceptors (Lipinski definition) is 17. The lowest BCUT2D eigenvalue weighted by Gasteiger charge is -2.24. The number of benzene rings is 4. The van der Waals surface area contributed by atoms with Gasteiger partial charge >= 0.3 is 21.8 Å². The van der Waals surface area contributed by atoms with E-state index in [9.17, 15) is 39.9 Å². The molecule has 0 bridgehead atoms. The van der Waals surface area contributed by atoms with Crippen LogP contribution in [0.15, 0.2) is 85.3 Å². The highest BCUT2D eigenvalue weighted by Crippen LogP contribution is 2.32. The molecule has 0 fully saturated rings. The number of guanidine groups is 1. The molecule has 92 heavy (non-hydrogen) atoms. The van der Waals surface area contributed by atoms with E-state index in [4.69, 9.17) is 66.0 Å². The van der Waals surface area contributed by atoms with Crippen molar-refractivity contribution in [1.82, 2.24) is 34.4 Å². The maximum Gasteiger partial charge on any atom is 0.394 e. The third-order valence-corrected chi connectivity index (χ3v) is 13.2. The number of nitrogens with zero attached hydrogens (tertiary/aromatic N) is 10. The van der Waals surface area contributed by atoms with E-state index < -0.39 is 25.5 Å². The van der Waals surface area contributed by atoms with Crippen LogP contribution in [-0.4, -0.2) is 99.2 Å². The highest BCUT2D eigenvalue weighted by Gasteiger charge is 2.23. The SMILES string of the molecule is CC(=N)N.CC(=N)N[N+](=O)[O-].CC(=N)N[N+](=O)[O-].CCO.Cc1cc(C)c(N=c2cc3n(c(=O)n2CCN)CCc2cc(C)c(C)cc2-3)c(C)c1.Cc1cc(C)c(N=c2cc3n(c(=O)n2CCN/C(N)=N/[N+](=O)[O-])CCc2cc(C)c(C)cc2-3)c(C)c1.O=S(=O)(O)O. The highest BCUT2D eigenvalue weighted by atomic mass is 32.3. The molecule has 4 heterocycles. The van der Waals surface area contributed by atoms with Crippen LogP contribution in [0.3, 0.4) is 0 Å². The fourth-order valence-electron chi connectivity index (χ4n) is 9.59. The van der Waals surface area contributed by atoms with Crippen molar-refractivity contribution in [2.24, 2.45) is 32.3 Å². The summed E-state index contributed by atoms with van der Waals surface area (Å²) in [5, 5.41) is 59.4. The summed E-state index contributed by atoms with van der Waals surface area (Å²) in [4.78, 5) is 66.4. The smallest absolute Gasteiger partial charge is 0.394 e. The molecule has 0 aliphatic carbocycles. The van der Waals surface area contributed by atoms with E-state index in [1.807, 2.05) is 31.4 Å². The Morgan fingerprint density at radius 2 is 0.913 bits per heavy atom. The zero-order valence-corrected chi connectivity index (χ0v) is 55.0. The van der Waals surface area contributed by atoms with E-state index in [0.29, 0.717) is 37.2 Å². The molecule has 4 aromatic carbocycles. The average Bonchev–Trinajstić information content (AvgIpc) is 0.763. The molecule has 0 saturated heterocycles. The first kappa shape index (κ1) is 78.0. The summed E-state index contributed by atoms with van der Waals surface area (Å²) in [5.41, 5.74) is 40.0. The van der Waals surface area contributed by atoms with E-state index in [0.717, 1.165) is 74.5 Å². The van der Waals surface area contributed by atoms with Crippen molar-refractivity contribution < 1.29 is 37.7 Å². The number of hydrogen-bond donors (Lipinski definition) is 12. The Labute approximate surface area is 531 Å². The minimum Gasteiger partial charge on any atom is -0.397 e. The number of aliphatic hydroxyl groups is 1. The van der Waals surface area contributed by atoms with Crippen molar-refractivity contribution in [3.05, 3.63) is 190 Å². The molecule has 8 rings (SSSR count). The Hall–Kier alpha value is -10.1. The summed E-state index contributed by atoms with van der Waals surface area (Å²) in [6.45, 7) is 29.2. The highest BCUT2D eigenvalue weighted by molar-refractivity contribution is 7.79. The number of hydrazone groups is 1. The van der Waals surface area contributed by atoms with Crippen LogP contribution in [-0.2, 0) is 49.4 Å². The van der Waals surface area contributed by atoms with Gasteiger partial charge in [-0.05, 0) is 178 Å². The molecule has 0 amide bonds. The fourth-order valence-corrected chi connectivity index (χ4v) is 9.59. The van der Waals surface area contributed by atoms with Crippen LogP contribution in [0.4, 0.5) is 11.4 Å². The Bertz CT molecular complexity index is 4040. The molecule has 33 heteroatoms. The van der Waals surface area contributed by atoms with Gasteiger partial charge in [-0.2, -0.15) is 8.42 Å². The number of aliphatic hydroxyl groups excluding tert-OH is 1. The van der Waals surface area contributed by atoms with Gasteiger partial charge in [-0.1, -0.05) is 58.4 Å². The molecule has 0 spiro atoms. The van der Waals surface area contributed by atoms with Crippen LogP contribution < -0.4 is 55.7 Å². The van der Waals surface area contributed by atoms with Gasteiger partial charge in [0.2, 0.25) is 0 Å². The third-order valence-electron chi connectivity index (χ3n) is 13.2. The Morgan fingerprint density at radius 3 is 1.20 bits per heavy atom. The second-order valence-corrected chi connectivity index (χ2v) is 22.1. The number of fused-ring (bicyclic) bond motifs is 6. The second kappa shape index (κ2) is 35.9. The standard InChI is InChI=1S/C26H31N7O3.C25H30N4O.2C2H5N3O2.C2H6N2.C2H6O.H2O4S/c1-15-10-18(4)24(19(5)11-15)29-23-14-22-21-13-17(3)16(2)12-20(21)6-8-31(22)26(34)32(23)9-7-28-25(27)30-33(35)36;1-15-10-18(4)24(19(5)11-15)27-23-14-22-21-13-17(3)16(2)12-20(21)6-8-28(22)25(30)29(23)9-7-26;2*1-2(3)4-5(6)7;1-2(3)4;1-2-3;1-5(2,3)4/h10-14H,6-9H2,1-5H3,(H3,27,28,30);10-14H,6-9,26H2,1-5H3;2*1H3,(H2,3,4);1H3,(H3,3,4);3H,2H2,1H3;(H2,1,2,3,4). The molecule has 15 N–H and O–H groups in total. The molecule has 500 valence electrons. The molecule has 0 saturated carbocycles. The lowest BCUT2D eigenvalue weighted by molar-refractivity contribution is -0.525. The van der Waals surface area contributed by atoms with Crippen LogP contribution in [0.2, 0.25) is 0 Å². The van der Waals surface area contributed by atoms with Crippen molar-refractivity contribution in [2.45, 2.75) is 136 Å². The van der Waals surface area contributed by atoms with Gasteiger partial charge in [0, 0.05) is 69.1 Å². The monoisotopic (exact) mass is 1300 g/mol. The van der Waals surface area contributed by atoms with Crippen molar-refractivity contribution >= 4 is 45.2 Å². The molecule has 0 unspecified atom stereocenters. The van der Waals surface area contributed by atoms with Gasteiger partial charge in [-0.15, -0.1) is 0 Å². The van der Waals surface area contributed by atoms with Gasteiger partial charge in [0.05, 0.1) is 28.6 Å². The van der Waals surface area contributed by atoms with Gasteiger partial charge in [-0.3, -0.25) is 43.6 Å². The Kier molecular flexibility index (Phi) is 30.5. The first-order valence-corrected chi connectivity index (χ1v) is 29.8. The second-order valence-electron chi connectivity index (χ2n) is 21.2. The number of amidine groups is 3. The van der Waals surface area contributed by atoms with Gasteiger partial charge in [-0.25, -0.2) is 49.9 Å². The fraction of sp³-hybridized carbons (Fsp3) is 0.390. The van der Waals surface area contributed by atoms with Crippen LogP contribution in [0, 0.1) is 116 Å². The number of nitrogens with two attached hydrogens (primary N) is 3. The molecule has 2 aliphatic rings. The summed E-state index contributed by atoms with van der Waals surface area (Å²) >= 11 is 0. The van der Waals surface area contributed by atoms with Crippen molar-refractivity contribution in [3.63, 3.8) is 0 Å². The normalized spacial score (nSPS) is 11.8. The van der Waals surface area contributed by atoms with Gasteiger partial charge in [0.15, 0.2) is 26.8 Å². The Balaban J connectivity index is 0.000000456. The van der Waals surface area contributed by atoms with E-state index in [-0.39, 0.29) is 54.5 Å². The van der Waals surface area contributed by atoms with Crippen molar-refractivity contribution in [3.8, 4) is 22.5 Å². The number of aryl methyl sites for hydroxylation is 12. The van der Waals surface area contributed by atoms with Gasteiger partial charge < -0.3 is 27.6 Å². The van der Waals surface area contributed by atoms with Crippen LogP contribution in [0.5, 0.6) is 0 Å². The number of nitrogens with one attached hydrogen (secondary N) is 6. The predicted molar refractivity (Wildman–Crippen MR) is 354 cm³/mol. The van der Waals surface area contributed by atoms with E-state index in [2.05, 4.69) is 113 Å². The summed E-state index contributed by atoms with van der Waals surface area (Å²) < 4.78 is 38.5. The largest absolute Gasteiger partial charge is 0.397 e. The Morgan fingerprint density at radius 1 is 0.598 bits per heavy atom. The lowest BCUT2D eigenvalue weighted by atomic mass is 9.93. The van der Waals surface area contributed by atoms with Gasteiger partial charge in [0.25, 0.3) is 5.96 Å². The van der Waals surface area contributed by atoms with E-state index >= 15 is 0 Å². The first-order valence-electron chi connectivity index (χ1n) is 28.4. The molecule has 2 aromatic heterocycles. The first-order chi connectivity index (χ1) is 42.7. The molecule has 0 atom stereocenters.